The molecule has 0 spiro atoms. The summed E-state index contributed by atoms with van der Waals surface area (Å²) in [5, 5.41) is 9.06. The van der Waals surface area contributed by atoms with Crippen molar-refractivity contribution in [1.29, 1.82) is 5.26 Å². The van der Waals surface area contributed by atoms with Crippen molar-refractivity contribution in [2.24, 2.45) is 0 Å². The summed E-state index contributed by atoms with van der Waals surface area (Å²) in [7, 11) is 0. The number of nitrogens with zero attached hydrogens (tertiary/aromatic N) is 2. The standard InChI is InChI=1S/C21H16FN2O2/c22-19-9-17(13-24-8-4-5-15(11-23)12-24)20-18(10-19)14-25-21(26-20)16-6-2-1-3-7-16/h1-10,12,21H,13-14H2/q+1/t21-/m1/s1. The highest BCUT2D eigenvalue weighted by molar-refractivity contribution is 5.43. The third kappa shape index (κ3) is 3.28. The van der Waals surface area contributed by atoms with Crippen LogP contribution in [0.4, 0.5) is 4.39 Å². The number of fused-ring (bicyclic) bond motifs is 1. The molecule has 3 aromatic rings. The van der Waals surface area contributed by atoms with Crippen molar-refractivity contribution in [3.63, 3.8) is 0 Å². The quantitative estimate of drug-likeness (QED) is 0.680. The average Bonchev–Trinajstić information content (AvgIpc) is 2.68. The van der Waals surface area contributed by atoms with Gasteiger partial charge >= 0.3 is 0 Å². The van der Waals surface area contributed by atoms with Gasteiger partial charge in [-0.05, 0) is 18.2 Å². The van der Waals surface area contributed by atoms with E-state index in [0.717, 1.165) is 5.56 Å². The molecule has 2 heterocycles. The predicted molar refractivity (Wildman–Crippen MR) is 91.5 cm³/mol. The van der Waals surface area contributed by atoms with Crippen molar-refractivity contribution in [3.05, 3.63) is 95.1 Å². The van der Waals surface area contributed by atoms with Crippen LogP contribution in [0.5, 0.6) is 5.75 Å². The van der Waals surface area contributed by atoms with E-state index in [0.29, 0.717) is 29.0 Å². The molecular formula is C21H16FN2O2+. The molecule has 128 valence electrons. The lowest BCUT2D eigenvalue weighted by Crippen LogP contribution is -2.34. The van der Waals surface area contributed by atoms with Gasteiger partial charge in [-0.2, -0.15) is 9.83 Å². The highest BCUT2D eigenvalue weighted by atomic mass is 19.1. The van der Waals surface area contributed by atoms with Crippen molar-refractivity contribution < 1.29 is 18.4 Å². The lowest BCUT2D eigenvalue weighted by molar-refractivity contribution is -0.688. The van der Waals surface area contributed by atoms with E-state index in [4.69, 9.17) is 14.7 Å². The highest BCUT2D eigenvalue weighted by Gasteiger charge is 2.26. The second-order valence-electron chi connectivity index (χ2n) is 6.10. The van der Waals surface area contributed by atoms with Crippen molar-refractivity contribution >= 4 is 0 Å². The van der Waals surface area contributed by atoms with Gasteiger partial charge in [0.25, 0.3) is 0 Å². The van der Waals surface area contributed by atoms with E-state index < -0.39 is 6.29 Å². The van der Waals surface area contributed by atoms with Crippen LogP contribution in [0.2, 0.25) is 0 Å². The topological polar surface area (TPSA) is 46.1 Å². The van der Waals surface area contributed by atoms with Gasteiger partial charge in [-0.25, -0.2) is 4.39 Å². The highest BCUT2D eigenvalue weighted by Crippen LogP contribution is 2.36. The molecule has 0 fully saturated rings. The van der Waals surface area contributed by atoms with Gasteiger partial charge in [0.2, 0.25) is 6.29 Å². The summed E-state index contributed by atoms with van der Waals surface area (Å²) < 4.78 is 27.7. The fraction of sp³-hybridized carbons (Fsp3) is 0.143. The van der Waals surface area contributed by atoms with Crippen LogP contribution in [0, 0.1) is 17.1 Å². The first-order chi connectivity index (χ1) is 12.7. The molecule has 0 saturated carbocycles. The summed E-state index contributed by atoms with van der Waals surface area (Å²) in [6.07, 6.45) is 3.04. The molecule has 5 heteroatoms. The zero-order valence-corrected chi connectivity index (χ0v) is 13.9. The zero-order chi connectivity index (χ0) is 17.9. The Morgan fingerprint density at radius 3 is 2.81 bits per heavy atom. The molecule has 1 atom stereocenters. The number of ether oxygens (including phenoxy) is 2. The van der Waals surface area contributed by atoms with Crippen molar-refractivity contribution in [1.82, 2.24) is 0 Å². The van der Waals surface area contributed by atoms with Crippen LogP contribution in [0.3, 0.4) is 0 Å². The van der Waals surface area contributed by atoms with Crippen LogP contribution in [0.1, 0.15) is 28.5 Å². The second kappa shape index (κ2) is 6.95. The lowest BCUT2D eigenvalue weighted by atomic mass is 10.1. The van der Waals surface area contributed by atoms with Crippen molar-refractivity contribution in [2.75, 3.05) is 0 Å². The minimum absolute atomic E-state index is 0.280. The number of halogens is 1. The fourth-order valence-electron chi connectivity index (χ4n) is 3.05. The Labute approximate surface area is 150 Å². The van der Waals surface area contributed by atoms with E-state index >= 15 is 0 Å². The fourth-order valence-corrected chi connectivity index (χ4v) is 3.05. The summed E-state index contributed by atoms with van der Waals surface area (Å²) >= 11 is 0. The summed E-state index contributed by atoms with van der Waals surface area (Å²) in [4.78, 5) is 0. The molecule has 0 radical (unpaired) electrons. The van der Waals surface area contributed by atoms with Gasteiger partial charge in [-0.15, -0.1) is 0 Å². The summed E-state index contributed by atoms with van der Waals surface area (Å²) in [5.74, 6) is 0.308. The molecule has 0 N–H and O–H groups in total. The van der Waals surface area contributed by atoms with Crippen LogP contribution in [-0.4, -0.2) is 0 Å². The molecule has 1 aliphatic heterocycles. The van der Waals surface area contributed by atoms with Crippen LogP contribution < -0.4 is 9.30 Å². The van der Waals surface area contributed by atoms with Crippen molar-refractivity contribution in [2.45, 2.75) is 19.4 Å². The van der Waals surface area contributed by atoms with Crippen LogP contribution in [0.25, 0.3) is 0 Å². The molecule has 0 saturated heterocycles. The third-order valence-corrected chi connectivity index (χ3v) is 4.23. The van der Waals surface area contributed by atoms with Gasteiger partial charge in [0.15, 0.2) is 18.9 Å². The van der Waals surface area contributed by atoms with E-state index in [2.05, 4.69) is 6.07 Å². The van der Waals surface area contributed by atoms with E-state index in [-0.39, 0.29) is 12.4 Å². The van der Waals surface area contributed by atoms with Gasteiger partial charge in [0, 0.05) is 17.2 Å². The molecule has 0 aliphatic carbocycles. The van der Waals surface area contributed by atoms with Gasteiger partial charge in [-0.1, -0.05) is 30.3 Å². The minimum atomic E-state index is -0.525. The van der Waals surface area contributed by atoms with Gasteiger partial charge in [-0.3, -0.25) is 0 Å². The Bertz CT molecular complexity index is 983. The number of hydrogen-bond acceptors (Lipinski definition) is 3. The van der Waals surface area contributed by atoms with E-state index in [1.807, 2.05) is 41.1 Å². The van der Waals surface area contributed by atoms with E-state index in [1.54, 1.807) is 18.3 Å². The third-order valence-electron chi connectivity index (χ3n) is 4.23. The Morgan fingerprint density at radius 1 is 1.15 bits per heavy atom. The van der Waals surface area contributed by atoms with Crippen LogP contribution >= 0.6 is 0 Å². The Hall–Kier alpha value is -3.23. The SMILES string of the molecule is N#Cc1ccc[n+](Cc2cc(F)cc3c2O[C@H](c2ccccc2)OC3)c1. The molecular weight excluding hydrogens is 331 g/mol. The Kier molecular flexibility index (Phi) is 4.34. The second-order valence-corrected chi connectivity index (χ2v) is 6.10. The number of pyridine rings is 1. The normalized spacial score (nSPS) is 15.6. The first-order valence-electron chi connectivity index (χ1n) is 8.26. The number of hydrogen-bond donors (Lipinski definition) is 0. The smallest absolute Gasteiger partial charge is 0.227 e. The molecule has 0 unspecified atom stereocenters. The molecule has 1 aromatic heterocycles. The molecule has 2 aromatic carbocycles. The number of aromatic nitrogens is 1. The minimum Gasteiger partial charge on any atom is -0.460 e. The van der Waals surface area contributed by atoms with E-state index in [1.165, 1.54) is 12.1 Å². The largest absolute Gasteiger partial charge is 0.460 e. The van der Waals surface area contributed by atoms with Crippen LogP contribution in [0.15, 0.2) is 67.0 Å². The summed E-state index contributed by atoms with van der Waals surface area (Å²) in [6.45, 7) is 0.680. The summed E-state index contributed by atoms with van der Waals surface area (Å²) in [6, 6.07) is 18.2. The maximum atomic E-state index is 14.1. The zero-order valence-electron chi connectivity index (χ0n) is 13.9. The number of nitriles is 1. The Morgan fingerprint density at radius 2 is 2.00 bits per heavy atom. The van der Waals surface area contributed by atoms with Crippen LogP contribution in [-0.2, 0) is 17.9 Å². The molecule has 26 heavy (non-hydrogen) atoms. The van der Waals surface area contributed by atoms with Crippen molar-refractivity contribution in [3.8, 4) is 11.8 Å². The summed E-state index contributed by atoms with van der Waals surface area (Å²) in [5.41, 5.74) is 2.85. The first-order valence-corrected chi connectivity index (χ1v) is 8.26. The number of rotatable bonds is 3. The molecule has 1 aliphatic rings. The molecule has 0 amide bonds. The van der Waals surface area contributed by atoms with E-state index in [9.17, 15) is 4.39 Å². The maximum Gasteiger partial charge on any atom is 0.227 e. The molecule has 4 nitrogen and oxygen atoms in total. The van der Waals surface area contributed by atoms with Gasteiger partial charge in [0.05, 0.1) is 12.2 Å². The average molecular weight is 347 g/mol. The molecule has 0 bridgehead atoms. The lowest BCUT2D eigenvalue weighted by Gasteiger charge is -2.28. The maximum absolute atomic E-state index is 14.1. The monoisotopic (exact) mass is 347 g/mol. The Balaban J connectivity index is 1.68. The molecule has 4 rings (SSSR count). The predicted octanol–water partition coefficient (Wildman–Crippen LogP) is 3.64. The van der Waals surface area contributed by atoms with Gasteiger partial charge in [0.1, 0.15) is 23.2 Å². The first kappa shape index (κ1) is 16.2. The van der Waals surface area contributed by atoms with Gasteiger partial charge < -0.3 is 9.47 Å². The number of benzene rings is 2.